The van der Waals surface area contributed by atoms with Gasteiger partial charge in [-0.2, -0.15) is 10.5 Å². The fraction of sp³-hybridized carbons (Fsp3) is 0.105. The van der Waals surface area contributed by atoms with E-state index in [0.29, 0.717) is 24.0 Å². The molecule has 0 fully saturated rings. The average molecular weight is 541 g/mol. The third-order valence-corrected chi connectivity index (χ3v) is 8.51. The summed E-state index contributed by atoms with van der Waals surface area (Å²) in [5.41, 5.74) is 10.4. The molecule has 42 heavy (non-hydrogen) atoms. The van der Waals surface area contributed by atoms with E-state index < -0.39 is 0 Å². The average Bonchev–Trinajstić information content (AvgIpc) is 3.37. The quantitative estimate of drug-likeness (QED) is 0.333. The maximum absolute atomic E-state index is 10.8. The van der Waals surface area contributed by atoms with Crippen LogP contribution in [0.5, 0.6) is 0 Å². The number of nitriles is 2. The lowest BCUT2D eigenvalue weighted by atomic mass is 9.88. The van der Waals surface area contributed by atoms with Gasteiger partial charge in [0.2, 0.25) is 0 Å². The first kappa shape index (κ1) is 25.4. The summed E-state index contributed by atoms with van der Waals surface area (Å²) >= 11 is 0. The van der Waals surface area contributed by atoms with Gasteiger partial charge in [-0.3, -0.25) is 0 Å². The molecule has 2 aliphatic carbocycles. The number of allylic oxidation sites excluding steroid dienone is 10. The molecule has 0 saturated heterocycles. The van der Waals surface area contributed by atoms with Crippen LogP contribution in [0.15, 0.2) is 139 Å². The smallest absolute Gasteiger partial charge is 0.102 e. The van der Waals surface area contributed by atoms with Crippen LogP contribution in [0.1, 0.15) is 41.0 Å². The van der Waals surface area contributed by atoms with Gasteiger partial charge in [0.25, 0.3) is 0 Å². The number of hydrogen-bond donors (Lipinski definition) is 0. The standard InChI is InChI=1S/C38H28N4/c1-26-11-8-9-22-41(34-16-5-2-12-28(26)34)35-21-20-27(24-39)23-32(35)29-15-10-19-38(33(29)25-40)42-36-17-6-3-13-30(36)31-14-4-7-18-37(31)42/h2-19,22-23,30,36H,1,20-21H2/b11-8-,22-9-. The third kappa shape index (κ3) is 4.05. The van der Waals surface area contributed by atoms with Crippen molar-refractivity contribution < 1.29 is 0 Å². The Morgan fingerprint density at radius 1 is 0.738 bits per heavy atom. The Morgan fingerprint density at radius 2 is 1.50 bits per heavy atom. The van der Waals surface area contributed by atoms with Crippen molar-refractivity contribution >= 4 is 28.2 Å². The molecule has 4 heteroatoms. The van der Waals surface area contributed by atoms with Crippen molar-refractivity contribution in [1.29, 1.82) is 10.5 Å². The van der Waals surface area contributed by atoms with Crippen LogP contribution in [-0.4, -0.2) is 6.04 Å². The zero-order valence-electron chi connectivity index (χ0n) is 23.1. The number of para-hydroxylation sites is 2. The molecule has 4 nitrogen and oxygen atoms in total. The largest absolute Gasteiger partial charge is 0.332 e. The van der Waals surface area contributed by atoms with Crippen LogP contribution in [0.3, 0.4) is 0 Å². The van der Waals surface area contributed by atoms with Crippen LogP contribution in [0.25, 0.3) is 11.1 Å². The molecule has 2 aliphatic heterocycles. The monoisotopic (exact) mass is 540 g/mol. The van der Waals surface area contributed by atoms with E-state index in [4.69, 9.17) is 0 Å². The van der Waals surface area contributed by atoms with E-state index in [-0.39, 0.29) is 12.0 Å². The summed E-state index contributed by atoms with van der Waals surface area (Å²) < 4.78 is 0. The highest BCUT2D eigenvalue weighted by Gasteiger charge is 2.38. The van der Waals surface area contributed by atoms with Gasteiger partial charge in [-0.15, -0.1) is 0 Å². The summed E-state index contributed by atoms with van der Waals surface area (Å²) in [7, 11) is 0. The van der Waals surface area contributed by atoms with E-state index in [1.54, 1.807) is 0 Å². The van der Waals surface area contributed by atoms with Gasteiger partial charge in [0.05, 0.1) is 29.0 Å². The van der Waals surface area contributed by atoms with Crippen LogP contribution >= 0.6 is 0 Å². The van der Waals surface area contributed by atoms with Crippen LogP contribution in [-0.2, 0) is 0 Å². The van der Waals surface area contributed by atoms with Gasteiger partial charge in [-0.05, 0) is 54.3 Å². The molecule has 2 unspecified atom stereocenters. The molecule has 0 bridgehead atoms. The van der Waals surface area contributed by atoms with Crippen molar-refractivity contribution in [3.05, 3.63) is 162 Å². The molecule has 0 N–H and O–H groups in total. The van der Waals surface area contributed by atoms with Crippen LogP contribution in [0.2, 0.25) is 0 Å². The highest BCUT2D eigenvalue weighted by Crippen LogP contribution is 2.49. The molecule has 2 atom stereocenters. The summed E-state index contributed by atoms with van der Waals surface area (Å²) in [6.07, 6.45) is 20.1. The van der Waals surface area contributed by atoms with Gasteiger partial charge < -0.3 is 9.80 Å². The zero-order chi connectivity index (χ0) is 28.6. The molecule has 0 aromatic heterocycles. The molecule has 0 amide bonds. The van der Waals surface area contributed by atoms with E-state index in [1.165, 1.54) is 5.56 Å². The Morgan fingerprint density at radius 3 is 2.36 bits per heavy atom. The Kier molecular flexibility index (Phi) is 6.31. The molecule has 0 saturated carbocycles. The van der Waals surface area contributed by atoms with E-state index in [2.05, 4.69) is 95.4 Å². The molecular weight excluding hydrogens is 512 g/mol. The minimum Gasteiger partial charge on any atom is -0.332 e. The van der Waals surface area contributed by atoms with Gasteiger partial charge in [-0.25, -0.2) is 0 Å². The van der Waals surface area contributed by atoms with Gasteiger partial charge >= 0.3 is 0 Å². The number of anilines is 3. The fourth-order valence-corrected chi connectivity index (χ4v) is 6.61. The highest BCUT2D eigenvalue weighted by atomic mass is 15.2. The van der Waals surface area contributed by atoms with Gasteiger partial charge in [0.1, 0.15) is 6.07 Å². The molecule has 3 aromatic carbocycles. The van der Waals surface area contributed by atoms with E-state index in [1.807, 2.05) is 54.6 Å². The molecule has 2 heterocycles. The van der Waals surface area contributed by atoms with E-state index in [0.717, 1.165) is 45.0 Å². The first-order chi connectivity index (χ1) is 20.7. The maximum atomic E-state index is 10.8. The zero-order valence-corrected chi connectivity index (χ0v) is 23.1. The number of benzene rings is 3. The third-order valence-electron chi connectivity index (χ3n) is 8.51. The Bertz CT molecular complexity index is 1900. The molecule has 200 valence electrons. The predicted octanol–water partition coefficient (Wildman–Crippen LogP) is 8.85. The molecular formula is C38H28N4. The molecule has 7 rings (SSSR count). The minimum absolute atomic E-state index is 0.0849. The molecule has 4 aliphatic rings. The summed E-state index contributed by atoms with van der Waals surface area (Å²) in [5, 5.41) is 20.7. The Balaban J connectivity index is 1.45. The summed E-state index contributed by atoms with van der Waals surface area (Å²) in [6, 6.07) is 27.9. The SMILES string of the molecule is C=C1/C=C\C=C/N(C2=C(c3cccc(N4c5ccccc5C5C=CC=CC54)c3C#N)C=C(C#N)CC2)c2ccccc21. The molecule has 0 radical (unpaired) electrons. The topological polar surface area (TPSA) is 54.1 Å². The normalized spacial score (nSPS) is 21.8. The van der Waals surface area contributed by atoms with Crippen molar-refractivity contribution in [1.82, 2.24) is 0 Å². The Hall–Kier alpha value is -5.58. The second-order valence-corrected chi connectivity index (χ2v) is 10.8. The first-order valence-corrected chi connectivity index (χ1v) is 14.2. The summed E-state index contributed by atoms with van der Waals surface area (Å²) in [6.45, 7) is 4.30. The minimum atomic E-state index is 0.0849. The molecule has 3 aromatic rings. The molecule has 0 spiro atoms. The number of fused-ring (bicyclic) bond motifs is 4. The van der Waals surface area contributed by atoms with Gasteiger partial charge in [-0.1, -0.05) is 91.6 Å². The number of nitrogens with zero attached hydrogens (tertiary/aromatic N) is 4. The van der Waals surface area contributed by atoms with Gasteiger partial charge in [0, 0.05) is 45.8 Å². The fourth-order valence-electron chi connectivity index (χ4n) is 6.61. The summed E-state index contributed by atoms with van der Waals surface area (Å²) in [5.74, 6) is 0.222. The first-order valence-electron chi connectivity index (χ1n) is 14.2. The maximum Gasteiger partial charge on any atom is 0.102 e. The van der Waals surface area contributed by atoms with Crippen molar-refractivity contribution in [3.8, 4) is 12.1 Å². The van der Waals surface area contributed by atoms with Crippen LogP contribution in [0, 0.1) is 22.7 Å². The Labute approximate surface area is 246 Å². The highest BCUT2D eigenvalue weighted by molar-refractivity contribution is 5.91. The van der Waals surface area contributed by atoms with E-state index >= 15 is 0 Å². The second kappa shape index (κ2) is 10.4. The van der Waals surface area contributed by atoms with Gasteiger partial charge in [0.15, 0.2) is 0 Å². The summed E-state index contributed by atoms with van der Waals surface area (Å²) in [4.78, 5) is 4.51. The number of rotatable bonds is 3. The second-order valence-electron chi connectivity index (χ2n) is 10.8. The van der Waals surface area contributed by atoms with Crippen molar-refractivity contribution in [3.63, 3.8) is 0 Å². The lowest BCUT2D eigenvalue weighted by Crippen LogP contribution is -2.29. The lowest BCUT2D eigenvalue weighted by molar-refractivity contribution is 0.744. The van der Waals surface area contributed by atoms with E-state index in [9.17, 15) is 10.5 Å². The van der Waals surface area contributed by atoms with Crippen molar-refractivity contribution in [2.45, 2.75) is 24.8 Å². The van der Waals surface area contributed by atoms with Crippen molar-refractivity contribution in [2.75, 3.05) is 9.80 Å². The van der Waals surface area contributed by atoms with Crippen LogP contribution in [0.4, 0.5) is 17.1 Å². The number of hydrogen-bond acceptors (Lipinski definition) is 4. The van der Waals surface area contributed by atoms with Crippen LogP contribution < -0.4 is 9.80 Å². The predicted molar refractivity (Wildman–Crippen MR) is 171 cm³/mol. The van der Waals surface area contributed by atoms with Crippen molar-refractivity contribution in [2.24, 2.45) is 0 Å². The lowest BCUT2D eigenvalue weighted by Gasteiger charge is -2.32.